The first-order chi connectivity index (χ1) is 15.0. The Bertz CT molecular complexity index is 694. The number of amides is 2. The van der Waals surface area contributed by atoms with Gasteiger partial charge in [-0.05, 0) is 51.9 Å². The lowest BCUT2D eigenvalue weighted by Crippen LogP contribution is -2.57. The van der Waals surface area contributed by atoms with E-state index in [2.05, 4.69) is 5.32 Å². The molecule has 2 amide bonds. The SMILES string of the molecule is CCOC(=O)[C@@H]1[C@@H]2CC[C@]3(O2)[C@H](C(=O)NC2CCCCC2)N(CCCCCO)C(=O)[C@@H]13. The van der Waals surface area contributed by atoms with E-state index in [1.54, 1.807) is 11.8 Å². The Kier molecular flexibility index (Phi) is 6.86. The minimum Gasteiger partial charge on any atom is -0.466 e. The van der Waals surface area contributed by atoms with Gasteiger partial charge in [0.2, 0.25) is 11.8 Å². The first kappa shape index (κ1) is 22.5. The fourth-order valence-corrected chi connectivity index (χ4v) is 6.30. The van der Waals surface area contributed by atoms with Crippen LogP contribution in [-0.2, 0) is 23.9 Å². The molecule has 0 unspecified atom stereocenters. The summed E-state index contributed by atoms with van der Waals surface area (Å²) < 4.78 is 11.6. The van der Waals surface area contributed by atoms with Crippen LogP contribution in [0.15, 0.2) is 0 Å². The molecular formula is C23H36N2O6. The largest absolute Gasteiger partial charge is 0.466 e. The summed E-state index contributed by atoms with van der Waals surface area (Å²) in [4.78, 5) is 41.5. The van der Waals surface area contributed by atoms with Crippen LogP contribution in [0.5, 0.6) is 0 Å². The summed E-state index contributed by atoms with van der Waals surface area (Å²) in [5.74, 6) is -1.97. The highest BCUT2D eigenvalue weighted by atomic mass is 16.6. The van der Waals surface area contributed by atoms with E-state index in [9.17, 15) is 14.4 Å². The molecule has 0 aromatic heterocycles. The maximum Gasteiger partial charge on any atom is 0.312 e. The van der Waals surface area contributed by atoms with Crippen molar-refractivity contribution in [2.45, 2.75) is 94.9 Å². The maximum absolute atomic E-state index is 13.6. The van der Waals surface area contributed by atoms with Gasteiger partial charge in [0.25, 0.3) is 0 Å². The number of aliphatic hydroxyl groups is 1. The number of nitrogens with zero attached hydrogens (tertiary/aromatic N) is 1. The van der Waals surface area contributed by atoms with Gasteiger partial charge in [-0.3, -0.25) is 14.4 Å². The van der Waals surface area contributed by atoms with Gasteiger partial charge in [-0.2, -0.15) is 0 Å². The maximum atomic E-state index is 13.6. The van der Waals surface area contributed by atoms with E-state index in [-0.39, 0.29) is 43.1 Å². The molecule has 5 atom stereocenters. The van der Waals surface area contributed by atoms with Gasteiger partial charge in [-0.15, -0.1) is 0 Å². The number of hydrogen-bond acceptors (Lipinski definition) is 6. The van der Waals surface area contributed by atoms with Gasteiger partial charge in [-0.25, -0.2) is 0 Å². The molecule has 3 heterocycles. The van der Waals surface area contributed by atoms with E-state index in [1.807, 2.05) is 0 Å². The summed E-state index contributed by atoms with van der Waals surface area (Å²) >= 11 is 0. The lowest BCUT2D eigenvalue weighted by Gasteiger charge is -2.35. The molecule has 2 bridgehead atoms. The van der Waals surface area contributed by atoms with Gasteiger partial charge in [0.05, 0.1) is 24.5 Å². The number of esters is 1. The second-order valence-electron chi connectivity index (χ2n) is 9.47. The van der Waals surface area contributed by atoms with E-state index in [0.717, 1.165) is 32.1 Å². The lowest BCUT2D eigenvalue weighted by atomic mass is 9.70. The summed E-state index contributed by atoms with van der Waals surface area (Å²) in [6, 6.07) is -0.562. The summed E-state index contributed by atoms with van der Waals surface area (Å²) in [5.41, 5.74) is -0.936. The van der Waals surface area contributed by atoms with Crippen molar-refractivity contribution < 1.29 is 29.0 Å². The van der Waals surface area contributed by atoms with Gasteiger partial charge in [0, 0.05) is 19.2 Å². The Labute approximate surface area is 184 Å². The van der Waals surface area contributed by atoms with Crippen molar-refractivity contribution in [3.05, 3.63) is 0 Å². The van der Waals surface area contributed by atoms with E-state index >= 15 is 0 Å². The fraction of sp³-hybridized carbons (Fsp3) is 0.870. The highest BCUT2D eigenvalue weighted by Crippen LogP contribution is 2.58. The van der Waals surface area contributed by atoms with E-state index in [1.165, 1.54) is 6.42 Å². The molecule has 4 fully saturated rings. The molecule has 31 heavy (non-hydrogen) atoms. The number of carbonyl (C=O) groups excluding carboxylic acids is 3. The third kappa shape index (κ3) is 3.97. The number of unbranched alkanes of at least 4 members (excludes halogenated alkanes) is 2. The summed E-state index contributed by atoms with van der Waals surface area (Å²) in [7, 11) is 0. The average molecular weight is 437 g/mol. The molecule has 4 rings (SSSR count). The minimum atomic E-state index is -0.936. The Balaban J connectivity index is 1.58. The van der Waals surface area contributed by atoms with Crippen LogP contribution in [0, 0.1) is 11.8 Å². The topological polar surface area (TPSA) is 105 Å². The second-order valence-corrected chi connectivity index (χ2v) is 9.47. The number of carbonyl (C=O) groups is 3. The lowest BCUT2D eigenvalue weighted by molar-refractivity contribution is -0.154. The zero-order chi connectivity index (χ0) is 22.0. The van der Waals surface area contributed by atoms with Crippen molar-refractivity contribution >= 4 is 17.8 Å². The van der Waals surface area contributed by atoms with Crippen molar-refractivity contribution in [3.8, 4) is 0 Å². The number of likely N-dealkylation sites (tertiary alicyclic amines) is 1. The van der Waals surface area contributed by atoms with Crippen LogP contribution in [0.2, 0.25) is 0 Å². The number of fused-ring (bicyclic) bond motifs is 1. The molecule has 1 saturated carbocycles. The number of nitrogens with one attached hydrogen (secondary N) is 1. The molecule has 2 N–H and O–H groups in total. The monoisotopic (exact) mass is 436 g/mol. The highest BCUT2D eigenvalue weighted by Gasteiger charge is 2.74. The first-order valence-electron chi connectivity index (χ1n) is 12.1. The molecule has 0 aromatic rings. The quantitative estimate of drug-likeness (QED) is 0.420. The molecule has 8 nitrogen and oxygen atoms in total. The van der Waals surface area contributed by atoms with Gasteiger partial charge in [0.1, 0.15) is 11.6 Å². The third-order valence-electron chi connectivity index (χ3n) is 7.62. The van der Waals surface area contributed by atoms with Gasteiger partial charge in [-0.1, -0.05) is 19.3 Å². The standard InChI is InChI=1S/C23H36N2O6/c1-2-30-22(29)17-16-11-12-23(31-16)18(17)21(28)25(13-7-4-8-14-26)19(23)20(27)24-15-9-5-3-6-10-15/h15-19,26H,2-14H2,1H3,(H,24,27)/t16-,17+,18+,19-,23+/m0/s1. The average Bonchev–Trinajstić information content (AvgIpc) is 3.39. The first-order valence-corrected chi connectivity index (χ1v) is 12.1. The van der Waals surface area contributed by atoms with Crippen LogP contribution in [0.1, 0.15) is 71.1 Å². The second kappa shape index (κ2) is 9.45. The van der Waals surface area contributed by atoms with Crippen molar-refractivity contribution in [2.75, 3.05) is 19.8 Å². The highest BCUT2D eigenvalue weighted by molar-refractivity contribution is 5.98. The van der Waals surface area contributed by atoms with Crippen LogP contribution in [0.4, 0.5) is 0 Å². The van der Waals surface area contributed by atoms with E-state index in [0.29, 0.717) is 32.2 Å². The molecule has 3 aliphatic heterocycles. The smallest absolute Gasteiger partial charge is 0.312 e. The van der Waals surface area contributed by atoms with Crippen LogP contribution >= 0.6 is 0 Å². The minimum absolute atomic E-state index is 0.113. The number of rotatable bonds is 9. The number of hydrogen-bond donors (Lipinski definition) is 2. The van der Waals surface area contributed by atoms with Gasteiger partial charge < -0.3 is 24.8 Å². The molecule has 3 saturated heterocycles. The molecule has 4 aliphatic rings. The summed E-state index contributed by atoms with van der Waals surface area (Å²) in [5, 5.41) is 12.3. The third-order valence-corrected chi connectivity index (χ3v) is 7.62. The van der Waals surface area contributed by atoms with Crippen molar-refractivity contribution in [1.82, 2.24) is 10.2 Å². The number of ether oxygens (including phenoxy) is 2. The van der Waals surface area contributed by atoms with Gasteiger partial charge >= 0.3 is 5.97 Å². The summed E-state index contributed by atoms with van der Waals surface area (Å²) in [6.45, 7) is 2.56. The fourth-order valence-electron chi connectivity index (χ4n) is 6.30. The van der Waals surface area contributed by atoms with Crippen LogP contribution in [-0.4, -0.2) is 71.3 Å². The molecule has 0 radical (unpaired) electrons. The van der Waals surface area contributed by atoms with Crippen LogP contribution in [0.25, 0.3) is 0 Å². The van der Waals surface area contributed by atoms with E-state index in [4.69, 9.17) is 14.6 Å². The Morgan fingerprint density at radius 3 is 2.68 bits per heavy atom. The van der Waals surface area contributed by atoms with E-state index < -0.39 is 23.5 Å². The molecular weight excluding hydrogens is 400 g/mol. The Morgan fingerprint density at radius 1 is 1.19 bits per heavy atom. The van der Waals surface area contributed by atoms with Crippen molar-refractivity contribution in [3.63, 3.8) is 0 Å². The molecule has 1 spiro atoms. The molecule has 8 heteroatoms. The predicted octanol–water partition coefficient (Wildman–Crippen LogP) is 1.54. The summed E-state index contributed by atoms with van der Waals surface area (Å²) in [6.07, 6.45) is 8.42. The van der Waals surface area contributed by atoms with Crippen molar-refractivity contribution in [2.24, 2.45) is 11.8 Å². The zero-order valence-electron chi connectivity index (χ0n) is 18.5. The van der Waals surface area contributed by atoms with Gasteiger partial charge in [0.15, 0.2) is 0 Å². The Hall–Kier alpha value is -1.67. The molecule has 1 aliphatic carbocycles. The molecule has 0 aromatic carbocycles. The number of aliphatic hydroxyl groups excluding tert-OH is 1. The van der Waals surface area contributed by atoms with Crippen LogP contribution < -0.4 is 5.32 Å². The normalized spacial score (nSPS) is 34.8. The molecule has 174 valence electrons. The Morgan fingerprint density at radius 2 is 1.97 bits per heavy atom. The zero-order valence-corrected chi connectivity index (χ0v) is 18.5. The van der Waals surface area contributed by atoms with Crippen LogP contribution in [0.3, 0.4) is 0 Å². The van der Waals surface area contributed by atoms with Crippen molar-refractivity contribution in [1.29, 1.82) is 0 Å². The predicted molar refractivity (Wildman–Crippen MR) is 112 cm³/mol.